The van der Waals surface area contributed by atoms with E-state index in [4.69, 9.17) is 11.6 Å². The Hall–Kier alpha value is -2.76. The van der Waals surface area contributed by atoms with Gasteiger partial charge >= 0.3 is 6.36 Å². The minimum absolute atomic E-state index is 0.277. The zero-order valence-electron chi connectivity index (χ0n) is 16.5. The fourth-order valence-electron chi connectivity index (χ4n) is 4.71. The van der Waals surface area contributed by atoms with Crippen molar-refractivity contribution in [2.75, 3.05) is 0 Å². The van der Waals surface area contributed by atoms with Gasteiger partial charge in [0.25, 0.3) is 0 Å². The van der Waals surface area contributed by atoms with Gasteiger partial charge in [-0.3, -0.25) is 0 Å². The molecular weight excluding hydrogens is 501 g/mol. The second kappa shape index (κ2) is 7.68. The predicted octanol–water partition coefficient (Wildman–Crippen LogP) is 8.36. The van der Waals surface area contributed by atoms with Crippen molar-refractivity contribution in [1.29, 1.82) is 0 Å². The fourth-order valence-corrected chi connectivity index (χ4v) is 5.62. The Balaban J connectivity index is 1.92. The summed E-state index contributed by atoms with van der Waals surface area (Å²) in [5, 5.41) is 0.552. The number of ether oxygens (including phenoxy) is 1. The van der Waals surface area contributed by atoms with Gasteiger partial charge in [-0.05, 0) is 57.6 Å². The van der Waals surface area contributed by atoms with Crippen LogP contribution in [-0.2, 0) is 5.41 Å². The molecule has 4 aromatic rings. The summed E-state index contributed by atoms with van der Waals surface area (Å²) in [5.41, 5.74) is 4.43. The highest BCUT2D eigenvalue weighted by molar-refractivity contribution is 9.10. The molecule has 0 aliphatic heterocycles. The third kappa shape index (κ3) is 3.31. The van der Waals surface area contributed by atoms with E-state index in [0.29, 0.717) is 15.1 Å². The fraction of sp³-hybridized carbons (Fsp3) is 0.0769. The minimum Gasteiger partial charge on any atom is -0.406 e. The van der Waals surface area contributed by atoms with Gasteiger partial charge in [0.1, 0.15) is 5.75 Å². The molecule has 0 saturated heterocycles. The van der Waals surface area contributed by atoms with Crippen molar-refractivity contribution in [2.24, 2.45) is 0 Å². The normalized spacial score (nSPS) is 14.0. The Kier molecular flexibility index (Phi) is 5.06. The van der Waals surface area contributed by atoms with Crippen LogP contribution in [0.25, 0.3) is 11.1 Å². The molecule has 0 radical (unpaired) electrons. The predicted molar refractivity (Wildman–Crippen MR) is 123 cm³/mol. The second-order valence-corrected chi connectivity index (χ2v) is 8.84. The van der Waals surface area contributed by atoms with Gasteiger partial charge in [0.15, 0.2) is 0 Å². The summed E-state index contributed by atoms with van der Waals surface area (Å²) in [5.74, 6) is -0.277. The maximum Gasteiger partial charge on any atom is 0.573 e. The molecule has 0 heterocycles. The SMILES string of the molecule is FC(F)(F)Oc1cc(Br)c2c(c1)-c1ccc(Cl)cc1C2(c1ccccc1)c1ccccc1. The van der Waals surface area contributed by atoms with Gasteiger partial charge in [0.05, 0.1) is 5.41 Å². The summed E-state index contributed by atoms with van der Waals surface area (Å²) in [6.07, 6.45) is -4.79. The van der Waals surface area contributed by atoms with E-state index in [1.165, 1.54) is 12.1 Å². The van der Waals surface area contributed by atoms with Crippen molar-refractivity contribution in [2.45, 2.75) is 11.8 Å². The molecule has 0 unspecified atom stereocenters. The average Bonchev–Trinajstić information content (AvgIpc) is 3.04. The van der Waals surface area contributed by atoms with Crippen LogP contribution in [0.5, 0.6) is 5.75 Å². The smallest absolute Gasteiger partial charge is 0.406 e. The van der Waals surface area contributed by atoms with Crippen LogP contribution in [0, 0.1) is 0 Å². The summed E-state index contributed by atoms with van der Waals surface area (Å²) in [7, 11) is 0. The van der Waals surface area contributed by atoms with Crippen LogP contribution in [0.1, 0.15) is 22.3 Å². The second-order valence-electron chi connectivity index (χ2n) is 7.55. The van der Waals surface area contributed by atoms with Gasteiger partial charge in [-0.15, -0.1) is 13.2 Å². The molecule has 6 heteroatoms. The Morgan fingerprint density at radius 3 is 1.91 bits per heavy atom. The first-order valence-corrected chi connectivity index (χ1v) is 11.0. The molecular formula is C26H15BrClF3O. The van der Waals surface area contributed by atoms with Crippen LogP contribution < -0.4 is 4.74 Å². The molecule has 1 nitrogen and oxygen atoms in total. The molecule has 0 aromatic heterocycles. The van der Waals surface area contributed by atoms with E-state index >= 15 is 0 Å². The number of alkyl halides is 3. The molecule has 160 valence electrons. The van der Waals surface area contributed by atoms with Crippen LogP contribution >= 0.6 is 27.5 Å². The van der Waals surface area contributed by atoms with E-state index in [1.807, 2.05) is 72.8 Å². The van der Waals surface area contributed by atoms with Crippen LogP contribution in [-0.4, -0.2) is 6.36 Å². The van der Waals surface area contributed by atoms with E-state index in [2.05, 4.69) is 20.7 Å². The van der Waals surface area contributed by atoms with Gasteiger partial charge in [-0.1, -0.05) is 94.3 Å². The molecule has 0 bridgehead atoms. The van der Waals surface area contributed by atoms with E-state index < -0.39 is 11.8 Å². The van der Waals surface area contributed by atoms with Gasteiger partial charge < -0.3 is 4.74 Å². The summed E-state index contributed by atoms with van der Waals surface area (Å²) >= 11 is 10.0. The largest absolute Gasteiger partial charge is 0.573 e. The lowest BCUT2D eigenvalue weighted by Gasteiger charge is -2.34. The quantitative estimate of drug-likeness (QED) is 0.235. The van der Waals surface area contributed by atoms with Crippen molar-refractivity contribution < 1.29 is 17.9 Å². The molecule has 4 aromatic carbocycles. The molecule has 0 saturated carbocycles. The Morgan fingerprint density at radius 2 is 1.34 bits per heavy atom. The van der Waals surface area contributed by atoms with Crippen molar-refractivity contribution in [3.63, 3.8) is 0 Å². The van der Waals surface area contributed by atoms with E-state index in [1.54, 1.807) is 6.07 Å². The molecule has 0 amide bonds. The summed E-state index contributed by atoms with van der Waals surface area (Å²) in [6.45, 7) is 0. The maximum absolute atomic E-state index is 13.0. The average molecular weight is 516 g/mol. The Labute approximate surface area is 196 Å². The molecule has 1 aliphatic carbocycles. The Morgan fingerprint density at radius 1 is 0.750 bits per heavy atom. The highest BCUT2D eigenvalue weighted by Gasteiger charge is 2.48. The molecule has 5 rings (SSSR count). The van der Waals surface area contributed by atoms with Gasteiger partial charge in [-0.2, -0.15) is 0 Å². The molecule has 1 aliphatic rings. The zero-order valence-corrected chi connectivity index (χ0v) is 18.8. The number of hydrogen-bond donors (Lipinski definition) is 0. The van der Waals surface area contributed by atoms with Crippen molar-refractivity contribution in [3.8, 4) is 16.9 Å². The molecule has 0 spiro atoms. The summed E-state index contributed by atoms with van der Waals surface area (Å²) in [6, 6.07) is 28.1. The van der Waals surface area contributed by atoms with Crippen LogP contribution in [0.2, 0.25) is 5.02 Å². The first-order valence-electron chi connectivity index (χ1n) is 9.82. The van der Waals surface area contributed by atoms with Crippen LogP contribution in [0.4, 0.5) is 13.2 Å². The summed E-state index contributed by atoms with van der Waals surface area (Å²) in [4.78, 5) is 0. The standard InChI is InChI=1S/C26H15BrClF3O/c27-23-15-19(32-26(29,30)31)14-21-20-12-11-18(28)13-22(20)25(24(21)23,16-7-3-1-4-8-16)17-9-5-2-6-10-17/h1-15H. The van der Waals surface area contributed by atoms with Crippen LogP contribution in [0.15, 0.2) is 95.5 Å². The van der Waals surface area contributed by atoms with E-state index in [9.17, 15) is 13.2 Å². The maximum atomic E-state index is 13.0. The topological polar surface area (TPSA) is 9.23 Å². The van der Waals surface area contributed by atoms with Gasteiger partial charge in [0.2, 0.25) is 0 Å². The van der Waals surface area contributed by atoms with Crippen LogP contribution in [0.3, 0.4) is 0 Å². The highest BCUT2D eigenvalue weighted by atomic mass is 79.9. The number of hydrogen-bond acceptors (Lipinski definition) is 1. The first kappa shape index (κ1) is 21.1. The van der Waals surface area contributed by atoms with Crippen molar-refractivity contribution >= 4 is 27.5 Å². The molecule has 0 N–H and O–H groups in total. The minimum atomic E-state index is -4.79. The number of benzene rings is 4. The van der Waals surface area contributed by atoms with Crippen molar-refractivity contribution in [1.82, 2.24) is 0 Å². The lowest BCUT2D eigenvalue weighted by molar-refractivity contribution is -0.274. The van der Waals surface area contributed by atoms with E-state index in [-0.39, 0.29) is 5.75 Å². The Bertz CT molecular complexity index is 1260. The third-order valence-corrected chi connectivity index (χ3v) is 6.62. The summed E-state index contributed by atoms with van der Waals surface area (Å²) < 4.78 is 43.8. The van der Waals surface area contributed by atoms with Gasteiger partial charge in [-0.25, -0.2) is 0 Å². The highest BCUT2D eigenvalue weighted by Crippen LogP contribution is 2.59. The number of rotatable bonds is 3. The van der Waals surface area contributed by atoms with Crippen molar-refractivity contribution in [3.05, 3.63) is 123 Å². The third-order valence-electron chi connectivity index (χ3n) is 5.76. The number of halogens is 5. The molecule has 0 fully saturated rings. The zero-order chi connectivity index (χ0) is 22.5. The molecule has 32 heavy (non-hydrogen) atoms. The lowest BCUT2D eigenvalue weighted by Crippen LogP contribution is -2.29. The first-order chi connectivity index (χ1) is 15.3. The number of fused-ring (bicyclic) bond motifs is 3. The lowest BCUT2D eigenvalue weighted by atomic mass is 9.68. The van der Waals surface area contributed by atoms with Gasteiger partial charge in [0, 0.05) is 9.50 Å². The van der Waals surface area contributed by atoms with E-state index in [0.717, 1.165) is 27.8 Å². The monoisotopic (exact) mass is 514 g/mol. The molecule has 0 atom stereocenters.